The lowest BCUT2D eigenvalue weighted by Crippen LogP contribution is -2.41. The molecule has 1 unspecified atom stereocenters. The Hall–Kier alpha value is -1.07. The predicted octanol–water partition coefficient (Wildman–Crippen LogP) is 2.65. The highest BCUT2D eigenvalue weighted by molar-refractivity contribution is 9.10. The third-order valence-corrected chi connectivity index (χ3v) is 4.40. The summed E-state index contributed by atoms with van der Waals surface area (Å²) < 4.78 is 1.08. The first-order valence-corrected chi connectivity index (χ1v) is 8.32. The molecule has 1 aliphatic heterocycles. The number of carbonyl (C=O) groups is 1. The molecule has 3 N–H and O–H groups in total. The molecule has 1 fully saturated rings. The topological polar surface area (TPSA) is 58.4 Å². The van der Waals surface area contributed by atoms with Gasteiger partial charge in [-0.1, -0.05) is 29.8 Å². The van der Waals surface area contributed by atoms with Gasteiger partial charge in [0, 0.05) is 35.8 Å². The van der Waals surface area contributed by atoms with Gasteiger partial charge in [0.1, 0.15) is 0 Å². The predicted molar refractivity (Wildman–Crippen MR) is 90.2 cm³/mol. The summed E-state index contributed by atoms with van der Waals surface area (Å²) in [5.74, 6) is -0.216. The summed E-state index contributed by atoms with van der Waals surface area (Å²) in [6, 6.07) is 6.78. The Kier molecular flexibility index (Phi) is 5.65. The number of benzene rings is 1. The Morgan fingerprint density at radius 2 is 2.29 bits per heavy atom. The zero-order chi connectivity index (χ0) is 15.4. The van der Waals surface area contributed by atoms with Crippen LogP contribution in [0, 0.1) is 5.92 Å². The van der Waals surface area contributed by atoms with Crippen molar-refractivity contribution in [1.82, 2.24) is 5.32 Å². The number of amides is 1. The molecule has 0 spiro atoms. The third-order valence-electron chi connectivity index (χ3n) is 3.91. The quantitative estimate of drug-likeness (QED) is 0.855. The molecule has 0 aliphatic carbocycles. The standard InChI is InChI=1S/C16H24BrN3O/c1-11(2)19-9-13-8-14(17)5-6-15(13)20-7-3-4-12(10-20)16(18)21/h5-6,8,11-12,19H,3-4,7,9-10H2,1-2H3,(H2,18,21). The van der Waals surface area contributed by atoms with Crippen molar-refractivity contribution in [1.29, 1.82) is 0 Å². The smallest absolute Gasteiger partial charge is 0.222 e. The molecule has 0 saturated carbocycles. The minimum atomic E-state index is -0.182. The number of rotatable bonds is 5. The number of hydrogen-bond donors (Lipinski definition) is 2. The van der Waals surface area contributed by atoms with Crippen molar-refractivity contribution in [2.24, 2.45) is 11.7 Å². The molecule has 4 nitrogen and oxygen atoms in total. The molecule has 21 heavy (non-hydrogen) atoms. The summed E-state index contributed by atoms with van der Waals surface area (Å²) in [5, 5.41) is 3.46. The molecule has 2 rings (SSSR count). The number of nitrogens with zero attached hydrogens (tertiary/aromatic N) is 1. The SMILES string of the molecule is CC(C)NCc1cc(Br)ccc1N1CCCC(C(N)=O)C1. The van der Waals surface area contributed by atoms with Gasteiger partial charge in [-0.05, 0) is 36.6 Å². The van der Waals surface area contributed by atoms with Crippen molar-refractivity contribution in [2.45, 2.75) is 39.3 Å². The van der Waals surface area contributed by atoms with Crippen LogP contribution in [0.2, 0.25) is 0 Å². The maximum absolute atomic E-state index is 11.5. The molecular weight excluding hydrogens is 330 g/mol. The summed E-state index contributed by atoms with van der Waals surface area (Å²) in [6.45, 7) is 6.82. The van der Waals surface area contributed by atoms with Crippen molar-refractivity contribution >= 4 is 27.5 Å². The van der Waals surface area contributed by atoms with Crippen LogP contribution in [0.3, 0.4) is 0 Å². The second kappa shape index (κ2) is 7.27. The molecule has 0 bridgehead atoms. The van der Waals surface area contributed by atoms with Crippen molar-refractivity contribution in [3.63, 3.8) is 0 Å². The Morgan fingerprint density at radius 3 is 2.95 bits per heavy atom. The van der Waals surface area contributed by atoms with Gasteiger partial charge in [-0.15, -0.1) is 0 Å². The van der Waals surface area contributed by atoms with E-state index in [4.69, 9.17) is 5.73 Å². The Labute approximate surface area is 135 Å². The number of nitrogens with two attached hydrogens (primary N) is 1. The average Bonchev–Trinajstić information content (AvgIpc) is 2.45. The van der Waals surface area contributed by atoms with Crippen LogP contribution in [0.15, 0.2) is 22.7 Å². The van der Waals surface area contributed by atoms with E-state index in [-0.39, 0.29) is 11.8 Å². The lowest BCUT2D eigenvalue weighted by atomic mass is 9.96. The normalized spacial score (nSPS) is 19.0. The van der Waals surface area contributed by atoms with Crippen molar-refractivity contribution < 1.29 is 4.79 Å². The van der Waals surface area contributed by atoms with E-state index < -0.39 is 0 Å². The van der Waals surface area contributed by atoms with Gasteiger partial charge >= 0.3 is 0 Å². The Morgan fingerprint density at radius 1 is 1.52 bits per heavy atom. The second-order valence-electron chi connectivity index (χ2n) is 6.00. The van der Waals surface area contributed by atoms with Crippen LogP contribution in [0.4, 0.5) is 5.69 Å². The minimum absolute atomic E-state index is 0.0340. The molecule has 1 aliphatic rings. The van der Waals surface area contributed by atoms with E-state index in [1.165, 1.54) is 11.3 Å². The largest absolute Gasteiger partial charge is 0.370 e. The first-order valence-electron chi connectivity index (χ1n) is 7.53. The lowest BCUT2D eigenvalue weighted by molar-refractivity contribution is -0.122. The Balaban J connectivity index is 2.19. The highest BCUT2D eigenvalue weighted by Crippen LogP contribution is 2.29. The first-order chi connectivity index (χ1) is 9.97. The number of primary amides is 1. The van der Waals surface area contributed by atoms with E-state index in [2.05, 4.69) is 58.2 Å². The molecule has 1 aromatic carbocycles. The highest BCUT2D eigenvalue weighted by atomic mass is 79.9. The van der Waals surface area contributed by atoms with Crippen LogP contribution < -0.4 is 16.0 Å². The zero-order valence-electron chi connectivity index (χ0n) is 12.7. The van der Waals surface area contributed by atoms with Crippen molar-refractivity contribution in [3.8, 4) is 0 Å². The van der Waals surface area contributed by atoms with E-state index in [9.17, 15) is 4.79 Å². The lowest BCUT2D eigenvalue weighted by Gasteiger charge is -2.34. The average molecular weight is 354 g/mol. The molecule has 116 valence electrons. The highest BCUT2D eigenvalue weighted by Gasteiger charge is 2.25. The molecule has 1 saturated heterocycles. The fraction of sp³-hybridized carbons (Fsp3) is 0.562. The molecule has 0 radical (unpaired) electrons. The molecule has 1 amide bonds. The zero-order valence-corrected chi connectivity index (χ0v) is 14.3. The van der Waals surface area contributed by atoms with E-state index in [0.29, 0.717) is 6.04 Å². The fourth-order valence-corrected chi connectivity index (χ4v) is 3.15. The monoisotopic (exact) mass is 353 g/mol. The van der Waals surface area contributed by atoms with Crippen LogP contribution in [-0.4, -0.2) is 25.0 Å². The van der Waals surface area contributed by atoms with E-state index in [1.54, 1.807) is 0 Å². The third kappa shape index (κ3) is 4.45. The van der Waals surface area contributed by atoms with Crippen LogP contribution in [0.25, 0.3) is 0 Å². The number of piperidine rings is 1. The van der Waals surface area contributed by atoms with Gasteiger partial charge in [0.2, 0.25) is 5.91 Å². The number of carbonyl (C=O) groups excluding carboxylic acids is 1. The number of halogens is 1. The summed E-state index contributed by atoms with van der Waals surface area (Å²) in [7, 11) is 0. The van der Waals surface area contributed by atoms with E-state index in [0.717, 1.165) is 36.9 Å². The first kappa shape index (κ1) is 16.3. The summed E-state index contributed by atoms with van der Waals surface area (Å²) in [6.07, 6.45) is 1.92. The van der Waals surface area contributed by atoms with Crippen LogP contribution in [0.5, 0.6) is 0 Å². The molecule has 0 aromatic heterocycles. The van der Waals surface area contributed by atoms with Gasteiger partial charge in [0.05, 0.1) is 5.92 Å². The van der Waals surface area contributed by atoms with Gasteiger partial charge in [-0.2, -0.15) is 0 Å². The maximum atomic E-state index is 11.5. The van der Waals surface area contributed by atoms with E-state index >= 15 is 0 Å². The number of hydrogen-bond acceptors (Lipinski definition) is 3. The minimum Gasteiger partial charge on any atom is -0.370 e. The number of nitrogens with one attached hydrogen (secondary N) is 1. The van der Waals surface area contributed by atoms with Crippen LogP contribution >= 0.6 is 15.9 Å². The fourth-order valence-electron chi connectivity index (χ4n) is 2.75. The Bertz CT molecular complexity index is 504. The number of anilines is 1. The molecule has 1 heterocycles. The molecule has 1 aromatic rings. The molecular formula is C16H24BrN3O. The van der Waals surface area contributed by atoms with Gasteiger partial charge in [-0.3, -0.25) is 4.79 Å². The van der Waals surface area contributed by atoms with E-state index in [1.807, 2.05) is 0 Å². The van der Waals surface area contributed by atoms with Gasteiger partial charge in [0.15, 0.2) is 0 Å². The maximum Gasteiger partial charge on any atom is 0.222 e. The van der Waals surface area contributed by atoms with Crippen LogP contribution in [-0.2, 0) is 11.3 Å². The van der Waals surface area contributed by atoms with Crippen LogP contribution in [0.1, 0.15) is 32.3 Å². The van der Waals surface area contributed by atoms with Crippen molar-refractivity contribution in [3.05, 3.63) is 28.2 Å². The molecule has 1 atom stereocenters. The summed E-state index contributed by atoms with van der Waals surface area (Å²) in [5.41, 5.74) is 7.94. The van der Waals surface area contributed by atoms with Crippen molar-refractivity contribution in [2.75, 3.05) is 18.0 Å². The van der Waals surface area contributed by atoms with Gasteiger partial charge in [-0.25, -0.2) is 0 Å². The summed E-state index contributed by atoms with van der Waals surface area (Å²) >= 11 is 3.54. The van der Waals surface area contributed by atoms with Gasteiger partial charge in [0.25, 0.3) is 0 Å². The second-order valence-corrected chi connectivity index (χ2v) is 6.91. The van der Waals surface area contributed by atoms with Gasteiger partial charge < -0.3 is 16.0 Å². The summed E-state index contributed by atoms with van der Waals surface area (Å²) in [4.78, 5) is 13.8. The molecule has 5 heteroatoms.